The molecule has 2 aromatic heterocycles. The highest BCUT2D eigenvalue weighted by Gasteiger charge is 2.24. The van der Waals surface area contributed by atoms with Gasteiger partial charge in [-0.1, -0.05) is 25.3 Å². The molecular formula is C26H31N5O. The molecule has 1 atom stereocenters. The van der Waals surface area contributed by atoms with E-state index in [4.69, 9.17) is 4.98 Å². The normalized spacial score (nSPS) is 20.0. The summed E-state index contributed by atoms with van der Waals surface area (Å²) < 4.78 is 2.39. The molecular weight excluding hydrogens is 398 g/mol. The van der Waals surface area contributed by atoms with E-state index >= 15 is 0 Å². The number of aromatic nitrogens is 4. The van der Waals surface area contributed by atoms with Crippen LogP contribution in [0, 0.1) is 5.92 Å². The van der Waals surface area contributed by atoms with Crippen LogP contribution in [0.2, 0.25) is 0 Å². The summed E-state index contributed by atoms with van der Waals surface area (Å²) >= 11 is 0. The highest BCUT2D eigenvalue weighted by Crippen LogP contribution is 2.36. The zero-order valence-electron chi connectivity index (χ0n) is 18.5. The van der Waals surface area contributed by atoms with Crippen molar-refractivity contribution >= 4 is 27.8 Å². The number of hydrogen-bond acceptors (Lipinski definition) is 4. The molecule has 2 aromatic carbocycles. The van der Waals surface area contributed by atoms with Crippen LogP contribution in [0.1, 0.15) is 51.0 Å². The molecule has 6 rings (SSSR count). The van der Waals surface area contributed by atoms with Gasteiger partial charge < -0.3 is 19.6 Å². The maximum absolute atomic E-state index is 9.32. The Labute approximate surface area is 188 Å². The molecule has 4 aromatic rings. The molecule has 1 saturated carbocycles. The third kappa shape index (κ3) is 3.47. The van der Waals surface area contributed by atoms with E-state index in [0.29, 0.717) is 12.0 Å². The highest BCUT2D eigenvalue weighted by molar-refractivity contribution is 5.97. The van der Waals surface area contributed by atoms with Gasteiger partial charge in [-0.2, -0.15) is 0 Å². The van der Waals surface area contributed by atoms with Crippen molar-refractivity contribution in [2.75, 3.05) is 24.6 Å². The molecule has 0 radical (unpaired) electrons. The van der Waals surface area contributed by atoms with Crippen LogP contribution in [0.5, 0.6) is 0 Å². The summed E-state index contributed by atoms with van der Waals surface area (Å²) in [5, 5.41) is 9.32. The topological polar surface area (TPSA) is 70.0 Å². The zero-order chi connectivity index (χ0) is 21.5. The van der Waals surface area contributed by atoms with Crippen LogP contribution in [0.4, 0.5) is 5.69 Å². The number of anilines is 1. The van der Waals surface area contributed by atoms with Gasteiger partial charge in [0.15, 0.2) is 0 Å². The SMILES string of the molecule is OCCC1CCN(c2cc(-c3ccc4c(c3)ncn4C3CCCCC3)c3nc[nH]c3c2)C1. The second-order valence-electron chi connectivity index (χ2n) is 9.55. The third-order valence-electron chi connectivity index (χ3n) is 7.55. The van der Waals surface area contributed by atoms with Crippen LogP contribution in [-0.4, -0.2) is 44.3 Å². The molecule has 6 nitrogen and oxygen atoms in total. The summed E-state index contributed by atoms with van der Waals surface area (Å²) in [6.07, 6.45) is 12.4. The fraction of sp³-hybridized carbons (Fsp3) is 0.462. The lowest BCUT2D eigenvalue weighted by Crippen LogP contribution is -2.20. The molecule has 0 amide bonds. The molecule has 2 fully saturated rings. The minimum atomic E-state index is 0.275. The third-order valence-corrected chi connectivity index (χ3v) is 7.55. The van der Waals surface area contributed by atoms with Crippen molar-refractivity contribution in [1.82, 2.24) is 19.5 Å². The monoisotopic (exact) mass is 429 g/mol. The Kier molecular flexibility index (Phi) is 5.10. The molecule has 0 spiro atoms. The van der Waals surface area contributed by atoms with Gasteiger partial charge in [-0.05, 0) is 61.4 Å². The van der Waals surface area contributed by atoms with Gasteiger partial charge in [0.2, 0.25) is 0 Å². The zero-order valence-corrected chi connectivity index (χ0v) is 18.5. The lowest BCUT2D eigenvalue weighted by Gasteiger charge is -2.23. The van der Waals surface area contributed by atoms with Crippen molar-refractivity contribution in [2.45, 2.75) is 51.0 Å². The maximum Gasteiger partial charge on any atom is 0.0962 e. The fourth-order valence-corrected chi connectivity index (χ4v) is 5.77. The molecule has 1 unspecified atom stereocenters. The van der Waals surface area contributed by atoms with Gasteiger partial charge in [-0.15, -0.1) is 0 Å². The number of H-pyrrole nitrogens is 1. The van der Waals surface area contributed by atoms with Gasteiger partial charge in [0, 0.05) is 37.0 Å². The van der Waals surface area contributed by atoms with E-state index in [1.807, 2.05) is 6.33 Å². The quantitative estimate of drug-likeness (QED) is 0.452. The average Bonchev–Trinajstić information content (AvgIpc) is 3.58. The van der Waals surface area contributed by atoms with Crippen LogP contribution >= 0.6 is 0 Å². The van der Waals surface area contributed by atoms with E-state index in [1.165, 1.54) is 43.3 Å². The molecule has 3 heterocycles. The van der Waals surface area contributed by atoms with Crippen molar-refractivity contribution in [2.24, 2.45) is 5.92 Å². The molecule has 1 aliphatic heterocycles. The largest absolute Gasteiger partial charge is 0.396 e. The lowest BCUT2D eigenvalue weighted by molar-refractivity contribution is 0.263. The minimum Gasteiger partial charge on any atom is -0.396 e. The first-order chi connectivity index (χ1) is 15.8. The standard InChI is InChI=1S/C26H31N5O/c32-11-9-18-8-10-30(15-18)21-13-22(26-24(14-21)27-16-28-26)19-6-7-25-23(12-19)29-17-31(25)20-4-2-1-3-5-20/h6-7,12-14,16-18,20,32H,1-5,8-11,15H2,(H,27,28). The van der Waals surface area contributed by atoms with E-state index in [2.05, 4.69) is 49.8 Å². The van der Waals surface area contributed by atoms with Crippen molar-refractivity contribution < 1.29 is 5.11 Å². The van der Waals surface area contributed by atoms with E-state index in [1.54, 1.807) is 6.33 Å². The summed E-state index contributed by atoms with van der Waals surface area (Å²) in [6, 6.07) is 11.8. The molecule has 2 aliphatic rings. The summed E-state index contributed by atoms with van der Waals surface area (Å²) in [7, 11) is 0. The van der Waals surface area contributed by atoms with Gasteiger partial charge >= 0.3 is 0 Å². The van der Waals surface area contributed by atoms with Crippen molar-refractivity contribution in [3.05, 3.63) is 43.0 Å². The number of hydrogen-bond donors (Lipinski definition) is 2. The Morgan fingerprint density at radius 3 is 2.81 bits per heavy atom. The summed E-state index contributed by atoms with van der Waals surface area (Å²) in [5.41, 5.74) is 7.91. The minimum absolute atomic E-state index is 0.275. The predicted octanol–water partition coefficient (Wildman–Crippen LogP) is 5.29. The molecule has 166 valence electrons. The van der Waals surface area contributed by atoms with Gasteiger partial charge in [0.1, 0.15) is 0 Å². The Hall–Kier alpha value is -2.86. The number of rotatable bonds is 5. The summed E-state index contributed by atoms with van der Waals surface area (Å²) in [4.78, 5) is 15.2. The van der Waals surface area contributed by atoms with Crippen LogP contribution in [0.25, 0.3) is 33.2 Å². The molecule has 6 heteroatoms. The summed E-state index contributed by atoms with van der Waals surface area (Å²) in [5.74, 6) is 0.570. The molecule has 32 heavy (non-hydrogen) atoms. The number of imidazole rings is 2. The second kappa shape index (κ2) is 8.24. The lowest BCUT2D eigenvalue weighted by atomic mass is 9.95. The van der Waals surface area contributed by atoms with Crippen molar-refractivity contribution in [1.29, 1.82) is 0 Å². The molecule has 0 bridgehead atoms. The van der Waals surface area contributed by atoms with E-state index in [0.717, 1.165) is 53.6 Å². The Balaban J connectivity index is 1.38. The highest BCUT2D eigenvalue weighted by atomic mass is 16.3. The summed E-state index contributed by atoms with van der Waals surface area (Å²) in [6.45, 7) is 2.32. The van der Waals surface area contributed by atoms with Crippen LogP contribution in [-0.2, 0) is 0 Å². The Morgan fingerprint density at radius 2 is 1.94 bits per heavy atom. The van der Waals surface area contributed by atoms with Gasteiger partial charge in [0.25, 0.3) is 0 Å². The predicted molar refractivity (Wildman–Crippen MR) is 129 cm³/mol. The van der Waals surface area contributed by atoms with Crippen molar-refractivity contribution in [3.63, 3.8) is 0 Å². The van der Waals surface area contributed by atoms with E-state index in [-0.39, 0.29) is 6.61 Å². The van der Waals surface area contributed by atoms with Gasteiger partial charge in [-0.25, -0.2) is 9.97 Å². The number of nitrogens with one attached hydrogen (secondary N) is 1. The van der Waals surface area contributed by atoms with E-state index < -0.39 is 0 Å². The average molecular weight is 430 g/mol. The van der Waals surface area contributed by atoms with Crippen molar-refractivity contribution in [3.8, 4) is 11.1 Å². The second-order valence-corrected chi connectivity index (χ2v) is 9.55. The number of fused-ring (bicyclic) bond motifs is 2. The Morgan fingerprint density at radius 1 is 1.03 bits per heavy atom. The Bertz CT molecular complexity index is 1240. The molecule has 1 aliphatic carbocycles. The van der Waals surface area contributed by atoms with Gasteiger partial charge in [-0.3, -0.25) is 0 Å². The van der Waals surface area contributed by atoms with E-state index in [9.17, 15) is 5.11 Å². The fourth-order valence-electron chi connectivity index (χ4n) is 5.77. The molecule has 2 N–H and O–H groups in total. The van der Waals surface area contributed by atoms with Gasteiger partial charge in [0.05, 0.1) is 34.7 Å². The number of aromatic amines is 1. The first-order valence-corrected chi connectivity index (χ1v) is 12.1. The number of nitrogens with zero attached hydrogens (tertiary/aromatic N) is 4. The number of aliphatic hydroxyl groups excluding tert-OH is 1. The first-order valence-electron chi connectivity index (χ1n) is 12.1. The van der Waals surface area contributed by atoms with Crippen LogP contribution in [0.15, 0.2) is 43.0 Å². The molecule has 1 saturated heterocycles. The van der Waals surface area contributed by atoms with Crippen LogP contribution in [0.3, 0.4) is 0 Å². The number of benzene rings is 2. The maximum atomic E-state index is 9.32. The number of aliphatic hydroxyl groups is 1. The van der Waals surface area contributed by atoms with Crippen LogP contribution < -0.4 is 4.90 Å². The first kappa shape index (κ1) is 19.8. The smallest absolute Gasteiger partial charge is 0.0962 e.